The number of carbonyl (C=O) groups is 1. The van der Waals surface area contributed by atoms with Crippen molar-refractivity contribution in [2.24, 2.45) is 0 Å². The van der Waals surface area contributed by atoms with Crippen molar-refractivity contribution in [1.82, 2.24) is 10.6 Å². The number of hydrogen-bond donors (Lipinski definition) is 2. The van der Waals surface area contributed by atoms with Crippen molar-refractivity contribution < 1.29 is 4.79 Å². The number of rotatable bonds is 6. The highest BCUT2D eigenvalue weighted by Crippen LogP contribution is 2.06. The van der Waals surface area contributed by atoms with Crippen molar-refractivity contribution in [3.63, 3.8) is 0 Å². The van der Waals surface area contributed by atoms with E-state index in [1.165, 1.54) is 5.56 Å². The van der Waals surface area contributed by atoms with Gasteiger partial charge in [0.15, 0.2) is 0 Å². The molecule has 0 saturated carbocycles. The number of benzene rings is 1. The second-order valence-electron chi connectivity index (χ2n) is 4.85. The van der Waals surface area contributed by atoms with E-state index in [4.69, 9.17) is 0 Å². The fourth-order valence-corrected chi connectivity index (χ4v) is 1.91. The predicted octanol–water partition coefficient (Wildman–Crippen LogP) is 2.37. The third-order valence-electron chi connectivity index (χ3n) is 3.20. The summed E-state index contributed by atoms with van der Waals surface area (Å²) in [5.74, 6) is 0.00783. The third-order valence-corrected chi connectivity index (χ3v) is 3.20. The van der Waals surface area contributed by atoms with Crippen LogP contribution in [-0.4, -0.2) is 25.0 Å². The zero-order chi connectivity index (χ0) is 13.5. The molecule has 0 saturated heterocycles. The van der Waals surface area contributed by atoms with E-state index in [9.17, 15) is 4.79 Å². The van der Waals surface area contributed by atoms with Crippen molar-refractivity contribution >= 4 is 5.91 Å². The first-order chi connectivity index (χ1) is 8.56. The lowest BCUT2D eigenvalue weighted by molar-refractivity contribution is 0.0937. The van der Waals surface area contributed by atoms with E-state index in [0.717, 1.165) is 18.4 Å². The average Bonchev–Trinajstić information content (AvgIpc) is 2.38. The van der Waals surface area contributed by atoms with E-state index in [2.05, 4.69) is 24.5 Å². The largest absolute Gasteiger partial charge is 0.350 e. The van der Waals surface area contributed by atoms with E-state index in [0.29, 0.717) is 6.04 Å². The summed E-state index contributed by atoms with van der Waals surface area (Å²) in [6.07, 6.45) is 1.92. The topological polar surface area (TPSA) is 41.1 Å². The van der Waals surface area contributed by atoms with Crippen LogP contribution in [0.3, 0.4) is 0 Å². The summed E-state index contributed by atoms with van der Waals surface area (Å²) in [6.45, 7) is 6.25. The Morgan fingerprint density at radius 2 is 1.78 bits per heavy atom. The molecule has 0 aliphatic rings. The van der Waals surface area contributed by atoms with Gasteiger partial charge in [0, 0.05) is 17.6 Å². The first kappa shape index (κ1) is 14.7. The number of amides is 1. The van der Waals surface area contributed by atoms with Gasteiger partial charge >= 0.3 is 0 Å². The second kappa shape index (κ2) is 7.17. The predicted molar refractivity (Wildman–Crippen MR) is 75.9 cm³/mol. The molecule has 3 nitrogen and oxygen atoms in total. The zero-order valence-electron chi connectivity index (χ0n) is 11.8. The molecule has 18 heavy (non-hydrogen) atoms. The molecule has 3 heteroatoms. The number of carbonyl (C=O) groups excluding carboxylic acids is 1. The molecule has 0 bridgehead atoms. The lowest BCUT2D eigenvalue weighted by Crippen LogP contribution is -2.37. The SMILES string of the molecule is CCc1ccc(C(=O)NC(C)CC(C)NC)cc1. The molecule has 0 radical (unpaired) electrons. The monoisotopic (exact) mass is 248 g/mol. The lowest BCUT2D eigenvalue weighted by atomic mass is 10.1. The van der Waals surface area contributed by atoms with Crippen LogP contribution in [0.5, 0.6) is 0 Å². The second-order valence-corrected chi connectivity index (χ2v) is 4.85. The lowest BCUT2D eigenvalue weighted by Gasteiger charge is -2.18. The van der Waals surface area contributed by atoms with Gasteiger partial charge in [-0.1, -0.05) is 19.1 Å². The van der Waals surface area contributed by atoms with E-state index >= 15 is 0 Å². The summed E-state index contributed by atoms with van der Waals surface area (Å²) < 4.78 is 0. The highest BCUT2D eigenvalue weighted by Gasteiger charge is 2.11. The van der Waals surface area contributed by atoms with E-state index < -0.39 is 0 Å². The van der Waals surface area contributed by atoms with E-state index in [1.54, 1.807) is 0 Å². The van der Waals surface area contributed by atoms with Crippen LogP contribution in [-0.2, 0) is 6.42 Å². The van der Waals surface area contributed by atoms with Crippen molar-refractivity contribution in [2.45, 2.75) is 45.7 Å². The average molecular weight is 248 g/mol. The molecular weight excluding hydrogens is 224 g/mol. The molecule has 0 heterocycles. The minimum absolute atomic E-state index is 0.00783. The Morgan fingerprint density at radius 3 is 2.28 bits per heavy atom. The Balaban J connectivity index is 2.53. The van der Waals surface area contributed by atoms with Crippen molar-refractivity contribution in [1.29, 1.82) is 0 Å². The molecule has 0 fully saturated rings. The molecule has 0 aromatic heterocycles. The minimum Gasteiger partial charge on any atom is -0.350 e. The van der Waals surface area contributed by atoms with Gasteiger partial charge in [0.05, 0.1) is 0 Å². The minimum atomic E-state index is 0.00783. The van der Waals surface area contributed by atoms with Gasteiger partial charge in [-0.05, 0) is 51.4 Å². The maximum Gasteiger partial charge on any atom is 0.251 e. The quantitative estimate of drug-likeness (QED) is 0.811. The smallest absolute Gasteiger partial charge is 0.251 e. The molecule has 0 spiro atoms. The number of aryl methyl sites for hydroxylation is 1. The third kappa shape index (κ3) is 4.49. The van der Waals surface area contributed by atoms with Crippen LogP contribution >= 0.6 is 0 Å². The first-order valence-corrected chi connectivity index (χ1v) is 6.63. The van der Waals surface area contributed by atoms with Crippen LogP contribution in [0.15, 0.2) is 24.3 Å². The molecule has 2 unspecified atom stereocenters. The maximum absolute atomic E-state index is 12.0. The summed E-state index contributed by atoms with van der Waals surface area (Å²) in [5, 5.41) is 6.19. The summed E-state index contributed by atoms with van der Waals surface area (Å²) >= 11 is 0. The summed E-state index contributed by atoms with van der Waals surface area (Å²) in [4.78, 5) is 12.0. The van der Waals surface area contributed by atoms with Gasteiger partial charge in [0.2, 0.25) is 0 Å². The Morgan fingerprint density at radius 1 is 1.17 bits per heavy atom. The summed E-state index contributed by atoms with van der Waals surface area (Å²) in [6, 6.07) is 8.38. The van der Waals surface area contributed by atoms with Crippen LogP contribution in [0.2, 0.25) is 0 Å². The molecule has 1 aromatic rings. The van der Waals surface area contributed by atoms with Gasteiger partial charge in [0.25, 0.3) is 5.91 Å². The van der Waals surface area contributed by atoms with Gasteiger partial charge in [0.1, 0.15) is 0 Å². The molecular formula is C15H24N2O. The van der Waals surface area contributed by atoms with Crippen LogP contribution < -0.4 is 10.6 Å². The molecule has 2 N–H and O–H groups in total. The maximum atomic E-state index is 12.0. The fourth-order valence-electron chi connectivity index (χ4n) is 1.91. The fraction of sp³-hybridized carbons (Fsp3) is 0.533. The Labute approximate surface area is 110 Å². The summed E-state index contributed by atoms with van der Waals surface area (Å²) in [7, 11) is 1.93. The van der Waals surface area contributed by atoms with Crippen LogP contribution in [0.1, 0.15) is 43.1 Å². The normalized spacial score (nSPS) is 14.0. The molecule has 1 rings (SSSR count). The van der Waals surface area contributed by atoms with Gasteiger partial charge in [-0.2, -0.15) is 0 Å². The number of nitrogens with one attached hydrogen (secondary N) is 2. The van der Waals surface area contributed by atoms with Crippen LogP contribution in [0.4, 0.5) is 0 Å². The van der Waals surface area contributed by atoms with Crippen molar-refractivity contribution in [3.8, 4) is 0 Å². The van der Waals surface area contributed by atoms with Crippen LogP contribution in [0.25, 0.3) is 0 Å². The van der Waals surface area contributed by atoms with Gasteiger partial charge in [-0.15, -0.1) is 0 Å². The van der Waals surface area contributed by atoms with Gasteiger partial charge in [-0.25, -0.2) is 0 Å². The highest BCUT2D eigenvalue weighted by molar-refractivity contribution is 5.94. The molecule has 0 aliphatic carbocycles. The first-order valence-electron chi connectivity index (χ1n) is 6.63. The molecule has 100 valence electrons. The van der Waals surface area contributed by atoms with Crippen molar-refractivity contribution in [2.75, 3.05) is 7.05 Å². The van der Waals surface area contributed by atoms with Crippen LogP contribution in [0, 0.1) is 0 Å². The Bertz CT molecular complexity index is 373. The molecule has 1 aromatic carbocycles. The molecule has 0 aliphatic heterocycles. The summed E-state index contributed by atoms with van der Waals surface area (Å²) in [5.41, 5.74) is 1.99. The highest BCUT2D eigenvalue weighted by atomic mass is 16.1. The van der Waals surface area contributed by atoms with E-state index in [1.807, 2.05) is 38.2 Å². The number of hydrogen-bond acceptors (Lipinski definition) is 2. The molecule has 1 amide bonds. The van der Waals surface area contributed by atoms with Crippen molar-refractivity contribution in [3.05, 3.63) is 35.4 Å². The standard InChI is InChI=1S/C15H24N2O/c1-5-13-6-8-14(9-7-13)15(18)17-12(3)10-11(2)16-4/h6-9,11-12,16H,5,10H2,1-4H3,(H,17,18). The van der Waals surface area contributed by atoms with E-state index in [-0.39, 0.29) is 11.9 Å². The Kier molecular flexibility index (Phi) is 5.86. The van der Waals surface area contributed by atoms with Gasteiger partial charge < -0.3 is 10.6 Å². The zero-order valence-corrected chi connectivity index (χ0v) is 11.8. The molecule has 2 atom stereocenters. The Hall–Kier alpha value is -1.35. The van der Waals surface area contributed by atoms with Gasteiger partial charge in [-0.3, -0.25) is 4.79 Å².